The average Bonchev–Trinajstić information content (AvgIpc) is 2.55. The predicted octanol–water partition coefficient (Wildman–Crippen LogP) is 5.53. The van der Waals surface area contributed by atoms with E-state index in [4.69, 9.17) is 0 Å². The minimum Gasteiger partial charge on any atom is -0.508 e. The number of hydrogen-bond donors (Lipinski definition) is 3. The highest BCUT2D eigenvalue weighted by Gasteiger charge is 2.10. The quantitative estimate of drug-likeness (QED) is 0.410. The Morgan fingerprint density at radius 1 is 0.808 bits per heavy atom. The molecule has 140 valence electrons. The van der Waals surface area contributed by atoms with Crippen molar-refractivity contribution >= 4 is 12.2 Å². The minimum absolute atomic E-state index is 0.0583. The topological polar surface area (TPSA) is 60.7 Å². The summed E-state index contributed by atoms with van der Waals surface area (Å²) in [5, 5.41) is 28.8. The summed E-state index contributed by atoms with van der Waals surface area (Å²) in [4.78, 5) is 0. The molecule has 0 aliphatic rings. The zero-order valence-electron chi connectivity index (χ0n) is 15.8. The van der Waals surface area contributed by atoms with Crippen molar-refractivity contribution in [3.8, 4) is 11.5 Å². The minimum atomic E-state index is -0.549. The van der Waals surface area contributed by atoms with E-state index in [0.29, 0.717) is 0 Å². The fraction of sp³-hybridized carbons (Fsp3) is 0.391. The van der Waals surface area contributed by atoms with E-state index < -0.39 is 5.60 Å². The van der Waals surface area contributed by atoms with Gasteiger partial charge in [-0.1, -0.05) is 55.7 Å². The number of aromatic hydroxyl groups is 2. The maximum atomic E-state index is 9.71. The lowest BCUT2D eigenvalue weighted by atomic mass is 9.99. The van der Waals surface area contributed by atoms with Gasteiger partial charge in [-0.3, -0.25) is 0 Å². The predicted molar refractivity (Wildman–Crippen MR) is 108 cm³/mol. The van der Waals surface area contributed by atoms with Crippen LogP contribution in [-0.4, -0.2) is 20.9 Å². The van der Waals surface area contributed by atoms with Crippen LogP contribution in [0.25, 0.3) is 12.2 Å². The van der Waals surface area contributed by atoms with Crippen molar-refractivity contribution in [2.75, 3.05) is 0 Å². The third kappa shape index (κ3) is 7.75. The maximum Gasteiger partial charge on any atom is 0.119 e. The summed E-state index contributed by atoms with van der Waals surface area (Å²) >= 11 is 0. The maximum absolute atomic E-state index is 9.71. The summed E-state index contributed by atoms with van der Waals surface area (Å²) in [5.41, 5.74) is 2.63. The van der Waals surface area contributed by atoms with Crippen molar-refractivity contribution in [3.63, 3.8) is 0 Å². The van der Waals surface area contributed by atoms with Gasteiger partial charge in [0.05, 0.1) is 5.60 Å². The molecule has 0 radical (unpaired) electrons. The van der Waals surface area contributed by atoms with Crippen LogP contribution in [0.4, 0.5) is 0 Å². The number of rotatable bonds is 9. The molecule has 3 heteroatoms. The lowest BCUT2D eigenvalue weighted by Gasteiger charge is -2.16. The van der Waals surface area contributed by atoms with Gasteiger partial charge in [0.2, 0.25) is 0 Å². The first-order valence-corrected chi connectivity index (χ1v) is 9.34. The van der Waals surface area contributed by atoms with Gasteiger partial charge in [0.25, 0.3) is 0 Å². The second-order valence-electron chi connectivity index (χ2n) is 7.59. The summed E-state index contributed by atoms with van der Waals surface area (Å²) in [6, 6.07) is 13.0. The molecular formula is C23H30O3. The van der Waals surface area contributed by atoms with Gasteiger partial charge in [-0.2, -0.15) is 0 Å². The molecule has 0 fully saturated rings. The summed E-state index contributed by atoms with van der Waals surface area (Å²) in [6.45, 7) is 3.73. The first-order valence-electron chi connectivity index (χ1n) is 9.34. The summed E-state index contributed by atoms with van der Waals surface area (Å²) in [5.74, 6) is 0.117. The molecule has 0 atom stereocenters. The molecule has 0 spiro atoms. The van der Waals surface area contributed by atoms with E-state index in [1.807, 2.05) is 32.1 Å². The van der Waals surface area contributed by atoms with E-state index in [9.17, 15) is 15.3 Å². The molecule has 0 amide bonds. The second-order valence-corrected chi connectivity index (χ2v) is 7.59. The van der Waals surface area contributed by atoms with E-state index in [-0.39, 0.29) is 11.5 Å². The lowest BCUT2D eigenvalue weighted by Crippen LogP contribution is -2.17. The normalized spacial score (nSPS) is 12.0. The van der Waals surface area contributed by atoms with Gasteiger partial charge in [0, 0.05) is 6.07 Å². The van der Waals surface area contributed by atoms with E-state index in [2.05, 4.69) is 18.2 Å². The van der Waals surface area contributed by atoms with E-state index in [1.165, 1.54) is 18.1 Å². The van der Waals surface area contributed by atoms with Crippen LogP contribution in [0.15, 0.2) is 42.5 Å². The first-order chi connectivity index (χ1) is 12.3. The molecule has 0 aliphatic carbocycles. The molecule has 0 unspecified atom stereocenters. The Kier molecular flexibility index (Phi) is 7.28. The molecule has 0 saturated carbocycles. The van der Waals surface area contributed by atoms with E-state index in [1.54, 1.807) is 12.1 Å². The fourth-order valence-corrected chi connectivity index (χ4v) is 3.00. The second kappa shape index (κ2) is 9.44. The number of unbranched alkanes of at least 4 members (excludes halogenated alkanes) is 3. The summed E-state index contributed by atoms with van der Waals surface area (Å²) in [7, 11) is 0. The number of aliphatic hydroxyl groups is 1. The van der Waals surface area contributed by atoms with Gasteiger partial charge in [-0.25, -0.2) is 0 Å². The number of phenols is 2. The van der Waals surface area contributed by atoms with Gasteiger partial charge in [0.1, 0.15) is 11.5 Å². The van der Waals surface area contributed by atoms with E-state index >= 15 is 0 Å². The monoisotopic (exact) mass is 354 g/mol. The molecule has 26 heavy (non-hydrogen) atoms. The van der Waals surface area contributed by atoms with E-state index in [0.717, 1.165) is 43.2 Å². The van der Waals surface area contributed by atoms with Crippen LogP contribution >= 0.6 is 0 Å². The number of hydrogen-bond acceptors (Lipinski definition) is 3. The highest BCUT2D eigenvalue weighted by atomic mass is 16.3. The molecule has 2 aromatic carbocycles. The summed E-state index contributed by atoms with van der Waals surface area (Å²) < 4.78 is 0. The largest absolute Gasteiger partial charge is 0.508 e. The van der Waals surface area contributed by atoms with Gasteiger partial charge in [-0.05, 0) is 61.9 Å². The Morgan fingerprint density at radius 3 is 2.15 bits per heavy atom. The van der Waals surface area contributed by atoms with Crippen molar-refractivity contribution in [2.45, 2.75) is 58.0 Å². The van der Waals surface area contributed by atoms with Crippen LogP contribution in [0.1, 0.15) is 62.6 Å². The Labute approximate surface area is 156 Å². The summed E-state index contributed by atoms with van der Waals surface area (Å²) in [6.07, 6.45) is 10.3. The van der Waals surface area contributed by atoms with Crippen LogP contribution in [0.5, 0.6) is 11.5 Å². The molecule has 0 heterocycles. The fourth-order valence-electron chi connectivity index (χ4n) is 3.00. The molecule has 3 N–H and O–H groups in total. The Morgan fingerprint density at radius 2 is 1.46 bits per heavy atom. The smallest absolute Gasteiger partial charge is 0.119 e. The number of aryl methyl sites for hydroxylation is 1. The Bertz CT molecular complexity index is 706. The zero-order chi connectivity index (χ0) is 19.0. The van der Waals surface area contributed by atoms with Crippen molar-refractivity contribution in [2.24, 2.45) is 0 Å². The first kappa shape index (κ1) is 20.1. The van der Waals surface area contributed by atoms with Crippen molar-refractivity contribution in [1.29, 1.82) is 0 Å². The molecular weight excluding hydrogens is 324 g/mol. The van der Waals surface area contributed by atoms with Crippen LogP contribution in [0.3, 0.4) is 0 Å². The lowest BCUT2D eigenvalue weighted by molar-refractivity contribution is 0.0680. The van der Waals surface area contributed by atoms with Gasteiger partial charge in [0.15, 0.2) is 0 Å². The SMILES string of the molecule is CC(C)(O)CCCCCCc1cccc(/C=C/c2cc(O)cc(O)c2)c1. The Hall–Kier alpha value is -2.26. The highest BCUT2D eigenvalue weighted by Crippen LogP contribution is 2.22. The van der Waals surface area contributed by atoms with Gasteiger partial charge >= 0.3 is 0 Å². The van der Waals surface area contributed by atoms with Crippen LogP contribution in [-0.2, 0) is 6.42 Å². The number of benzene rings is 2. The van der Waals surface area contributed by atoms with Crippen molar-refractivity contribution < 1.29 is 15.3 Å². The Balaban J connectivity index is 1.83. The molecule has 3 nitrogen and oxygen atoms in total. The van der Waals surface area contributed by atoms with Gasteiger partial charge in [-0.15, -0.1) is 0 Å². The standard InChI is InChI=1S/C23H30O3/c1-23(2,26)13-6-4-3-5-8-18-9-7-10-19(14-18)11-12-20-15-21(24)17-22(25)16-20/h7,9-12,14-17,24-26H,3-6,8,13H2,1-2H3/b12-11+. The van der Waals surface area contributed by atoms with Crippen LogP contribution < -0.4 is 0 Å². The van der Waals surface area contributed by atoms with Crippen LogP contribution in [0, 0.1) is 0 Å². The van der Waals surface area contributed by atoms with Gasteiger partial charge < -0.3 is 15.3 Å². The molecule has 0 aliphatic heterocycles. The highest BCUT2D eigenvalue weighted by molar-refractivity contribution is 5.71. The van der Waals surface area contributed by atoms with Crippen LogP contribution in [0.2, 0.25) is 0 Å². The molecule has 0 saturated heterocycles. The third-order valence-corrected chi connectivity index (χ3v) is 4.35. The molecule has 0 bridgehead atoms. The number of phenolic OH excluding ortho intramolecular Hbond substituents is 2. The van der Waals surface area contributed by atoms with Crippen molar-refractivity contribution in [3.05, 3.63) is 59.2 Å². The molecule has 2 aromatic rings. The molecule has 2 rings (SSSR count). The average molecular weight is 354 g/mol. The molecule has 0 aromatic heterocycles. The van der Waals surface area contributed by atoms with Crippen molar-refractivity contribution in [1.82, 2.24) is 0 Å². The zero-order valence-corrected chi connectivity index (χ0v) is 15.8. The third-order valence-electron chi connectivity index (χ3n) is 4.35.